The molecule has 2 fully saturated rings. The normalized spacial score (nSPS) is 25.1. The standard InChI is InChI=1S/C20H25FN2O/c1-20(8-3-9-23(14-20)13-15-6-7-15)19-22-12-18(24-19)11-16-4-2-5-17(21)10-16/h2,4-5,10,12,15H,3,6-9,11,13-14H2,1H3/t20-/m0/s1. The molecule has 0 radical (unpaired) electrons. The van der Waals surface area contributed by atoms with Gasteiger partial charge in [-0.15, -0.1) is 0 Å². The highest BCUT2D eigenvalue weighted by Gasteiger charge is 2.38. The van der Waals surface area contributed by atoms with Gasteiger partial charge in [0.15, 0.2) is 0 Å². The van der Waals surface area contributed by atoms with Gasteiger partial charge in [-0.05, 0) is 62.8 Å². The zero-order valence-corrected chi connectivity index (χ0v) is 14.3. The van der Waals surface area contributed by atoms with Gasteiger partial charge in [-0.2, -0.15) is 0 Å². The molecule has 1 atom stereocenters. The van der Waals surface area contributed by atoms with Crippen molar-refractivity contribution in [3.8, 4) is 0 Å². The average Bonchev–Trinajstić information content (AvgIpc) is 3.22. The number of likely N-dealkylation sites (tertiary alicyclic amines) is 1. The molecule has 1 aliphatic heterocycles. The van der Waals surface area contributed by atoms with E-state index in [1.165, 1.54) is 38.4 Å². The summed E-state index contributed by atoms with van der Waals surface area (Å²) in [6.07, 6.45) is 7.50. The third-order valence-corrected chi connectivity index (χ3v) is 5.33. The SMILES string of the molecule is C[C@]1(c2ncc(Cc3cccc(F)c3)o2)CCCN(CC2CC2)C1. The van der Waals surface area contributed by atoms with Gasteiger partial charge in [-0.3, -0.25) is 0 Å². The van der Waals surface area contributed by atoms with Crippen LogP contribution in [0.5, 0.6) is 0 Å². The van der Waals surface area contributed by atoms with Crippen molar-refractivity contribution in [2.75, 3.05) is 19.6 Å². The predicted octanol–water partition coefficient (Wildman–Crippen LogP) is 4.17. The van der Waals surface area contributed by atoms with Gasteiger partial charge in [-0.25, -0.2) is 9.37 Å². The van der Waals surface area contributed by atoms with Gasteiger partial charge in [0.25, 0.3) is 0 Å². The summed E-state index contributed by atoms with van der Waals surface area (Å²) < 4.78 is 19.4. The van der Waals surface area contributed by atoms with Crippen LogP contribution in [-0.4, -0.2) is 29.5 Å². The topological polar surface area (TPSA) is 29.3 Å². The molecule has 2 aliphatic rings. The van der Waals surface area contributed by atoms with Crippen LogP contribution in [0, 0.1) is 11.7 Å². The summed E-state index contributed by atoms with van der Waals surface area (Å²) in [7, 11) is 0. The van der Waals surface area contributed by atoms with Crippen molar-refractivity contribution in [2.45, 2.75) is 44.4 Å². The third kappa shape index (κ3) is 3.54. The first-order valence-electron chi connectivity index (χ1n) is 9.03. The van der Waals surface area contributed by atoms with Crippen molar-refractivity contribution >= 4 is 0 Å². The molecule has 4 heteroatoms. The Morgan fingerprint density at radius 2 is 2.25 bits per heavy atom. The number of hydrogen-bond acceptors (Lipinski definition) is 3. The van der Waals surface area contributed by atoms with Crippen molar-refractivity contribution in [1.82, 2.24) is 9.88 Å². The number of rotatable bonds is 5. The first kappa shape index (κ1) is 15.8. The zero-order chi connectivity index (χ0) is 16.6. The molecule has 4 rings (SSSR count). The lowest BCUT2D eigenvalue weighted by atomic mass is 9.81. The highest BCUT2D eigenvalue weighted by atomic mass is 19.1. The van der Waals surface area contributed by atoms with Gasteiger partial charge in [0, 0.05) is 19.5 Å². The van der Waals surface area contributed by atoms with Crippen LogP contribution in [0.25, 0.3) is 0 Å². The summed E-state index contributed by atoms with van der Waals surface area (Å²) in [5, 5.41) is 0. The van der Waals surface area contributed by atoms with E-state index in [0.717, 1.165) is 36.1 Å². The maximum atomic E-state index is 13.3. The minimum atomic E-state index is -0.206. The fraction of sp³-hybridized carbons (Fsp3) is 0.550. The molecule has 0 bridgehead atoms. The fourth-order valence-corrected chi connectivity index (χ4v) is 3.86. The predicted molar refractivity (Wildman–Crippen MR) is 91.5 cm³/mol. The molecule has 1 aromatic carbocycles. The Morgan fingerprint density at radius 1 is 1.38 bits per heavy atom. The summed E-state index contributed by atoms with van der Waals surface area (Å²) in [6, 6.07) is 6.68. The van der Waals surface area contributed by atoms with E-state index in [-0.39, 0.29) is 11.2 Å². The van der Waals surface area contributed by atoms with Crippen LogP contribution in [0.4, 0.5) is 4.39 Å². The van der Waals surface area contributed by atoms with Gasteiger partial charge in [-0.1, -0.05) is 12.1 Å². The van der Waals surface area contributed by atoms with Gasteiger partial charge in [0.1, 0.15) is 11.6 Å². The van der Waals surface area contributed by atoms with E-state index in [4.69, 9.17) is 4.42 Å². The maximum absolute atomic E-state index is 13.3. The lowest BCUT2D eigenvalue weighted by Gasteiger charge is -2.38. The summed E-state index contributed by atoms with van der Waals surface area (Å²) in [5.41, 5.74) is 0.912. The quantitative estimate of drug-likeness (QED) is 0.825. The number of piperidine rings is 1. The molecular weight excluding hydrogens is 303 g/mol. The molecule has 2 heterocycles. The fourth-order valence-electron chi connectivity index (χ4n) is 3.86. The highest BCUT2D eigenvalue weighted by Crippen LogP contribution is 2.36. The molecule has 3 nitrogen and oxygen atoms in total. The van der Waals surface area contributed by atoms with Crippen LogP contribution in [0.15, 0.2) is 34.9 Å². The molecule has 24 heavy (non-hydrogen) atoms. The zero-order valence-electron chi connectivity index (χ0n) is 14.3. The number of nitrogens with zero attached hydrogens (tertiary/aromatic N) is 2. The molecule has 1 saturated heterocycles. The molecule has 0 N–H and O–H groups in total. The number of oxazole rings is 1. The van der Waals surface area contributed by atoms with Crippen molar-refractivity contribution in [3.63, 3.8) is 0 Å². The number of benzene rings is 1. The Bertz CT molecular complexity index is 709. The van der Waals surface area contributed by atoms with Gasteiger partial charge >= 0.3 is 0 Å². The second kappa shape index (κ2) is 6.32. The molecule has 1 saturated carbocycles. The molecule has 1 aliphatic carbocycles. The van der Waals surface area contributed by atoms with Crippen LogP contribution in [0.3, 0.4) is 0 Å². The molecule has 2 aromatic rings. The Kier molecular flexibility index (Phi) is 4.17. The first-order valence-corrected chi connectivity index (χ1v) is 9.03. The maximum Gasteiger partial charge on any atom is 0.201 e. The third-order valence-electron chi connectivity index (χ3n) is 5.33. The van der Waals surface area contributed by atoms with E-state index in [0.29, 0.717) is 6.42 Å². The van der Waals surface area contributed by atoms with Crippen molar-refractivity contribution < 1.29 is 8.81 Å². The Morgan fingerprint density at radius 3 is 3.04 bits per heavy atom. The summed E-state index contributed by atoms with van der Waals surface area (Å²) >= 11 is 0. The van der Waals surface area contributed by atoms with E-state index < -0.39 is 0 Å². The van der Waals surface area contributed by atoms with E-state index in [1.54, 1.807) is 12.1 Å². The number of hydrogen-bond donors (Lipinski definition) is 0. The lowest BCUT2D eigenvalue weighted by molar-refractivity contribution is 0.131. The van der Waals surface area contributed by atoms with Crippen LogP contribution < -0.4 is 0 Å². The minimum Gasteiger partial charge on any atom is -0.445 e. The van der Waals surface area contributed by atoms with Gasteiger partial charge in [0.05, 0.1) is 11.6 Å². The minimum absolute atomic E-state index is 0.00662. The lowest BCUT2D eigenvalue weighted by Crippen LogP contribution is -2.45. The van der Waals surface area contributed by atoms with Crippen molar-refractivity contribution in [1.29, 1.82) is 0 Å². The average molecular weight is 328 g/mol. The highest BCUT2D eigenvalue weighted by molar-refractivity contribution is 5.21. The molecular formula is C20H25FN2O. The molecule has 0 spiro atoms. The Labute approximate surface area is 142 Å². The van der Waals surface area contributed by atoms with E-state index in [1.807, 2.05) is 12.3 Å². The molecule has 0 amide bonds. The van der Waals surface area contributed by atoms with Crippen LogP contribution in [0.2, 0.25) is 0 Å². The van der Waals surface area contributed by atoms with Crippen LogP contribution in [0.1, 0.15) is 49.8 Å². The van der Waals surface area contributed by atoms with Gasteiger partial charge < -0.3 is 9.32 Å². The van der Waals surface area contributed by atoms with E-state index in [9.17, 15) is 4.39 Å². The Hall–Kier alpha value is -1.68. The molecule has 128 valence electrons. The second-order valence-corrected chi connectivity index (χ2v) is 7.78. The number of aromatic nitrogens is 1. The van der Waals surface area contributed by atoms with Crippen LogP contribution >= 0.6 is 0 Å². The summed E-state index contributed by atoms with van der Waals surface area (Å²) in [4.78, 5) is 7.15. The van der Waals surface area contributed by atoms with E-state index >= 15 is 0 Å². The number of halogens is 1. The van der Waals surface area contributed by atoms with Crippen molar-refractivity contribution in [2.24, 2.45) is 5.92 Å². The monoisotopic (exact) mass is 328 g/mol. The summed E-state index contributed by atoms with van der Waals surface area (Å²) in [5.74, 6) is 2.37. The van der Waals surface area contributed by atoms with E-state index in [2.05, 4.69) is 16.8 Å². The van der Waals surface area contributed by atoms with Crippen LogP contribution in [-0.2, 0) is 11.8 Å². The molecule has 0 unspecified atom stereocenters. The van der Waals surface area contributed by atoms with Crippen molar-refractivity contribution in [3.05, 3.63) is 53.5 Å². The second-order valence-electron chi connectivity index (χ2n) is 7.78. The molecule has 1 aromatic heterocycles. The Balaban J connectivity index is 1.46. The summed E-state index contributed by atoms with van der Waals surface area (Å²) in [6.45, 7) is 5.72. The van der Waals surface area contributed by atoms with Gasteiger partial charge in [0.2, 0.25) is 5.89 Å². The largest absolute Gasteiger partial charge is 0.445 e. The smallest absolute Gasteiger partial charge is 0.201 e. The first-order chi connectivity index (χ1) is 11.6.